The summed E-state index contributed by atoms with van der Waals surface area (Å²) in [5.41, 5.74) is 0.612. The van der Waals surface area contributed by atoms with Gasteiger partial charge in [-0.15, -0.1) is 0 Å². The van der Waals surface area contributed by atoms with E-state index in [1.54, 1.807) is 31.2 Å². The summed E-state index contributed by atoms with van der Waals surface area (Å²) in [7, 11) is -3.56. The average molecular weight is 397 g/mol. The van der Waals surface area contributed by atoms with Crippen LogP contribution in [0.25, 0.3) is 0 Å². The molecule has 0 aliphatic heterocycles. The first-order valence-electron chi connectivity index (χ1n) is 8.11. The lowest BCUT2D eigenvalue weighted by molar-refractivity contribution is -0.118. The topological polar surface area (TPSA) is 84.5 Å². The normalized spacial score (nSPS) is 12.4. The Bertz CT molecular complexity index is 836. The SMILES string of the molecule is CC[C@@H](C)NS(=O)(=O)c1ccc(OCC(=O)Nc2ccc(Cl)cc2)cc1. The minimum absolute atomic E-state index is 0.146. The van der Waals surface area contributed by atoms with Crippen LogP contribution in [-0.2, 0) is 14.8 Å². The van der Waals surface area contributed by atoms with Crippen LogP contribution in [0, 0.1) is 0 Å². The van der Waals surface area contributed by atoms with Gasteiger partial charge in [0.1, 0.15) is 5.75 Å². The average Bonchev–Trinajstić information content (AvgIpc) is 2.62. The van der Waals surface area contributed by atoms with E-state index >= 15 is 0 Å². The smallest absolute Gasteiger partial charge is 0.262 e. The zero-order chi connectivity index (χ0) is 19.2. The number of anilines is 1. The number of hydrogen-bond donors (Lipinski definition) is 2. The van der Waals surface area contributed by atoms with Crippen molar-refractivity contribution in [3.63, 3.8) is 0 Å². The molecule has 0 saturated carbocycles. The van der Waals surface area contributed by atoms with Crippen molar-refractivity contribution in [2.75, 3.05) is 11.9 Å². The Morgan fingerprint density at radius 2 is 1.73 bits per heavy atom. The lowest BCUT2D eigenvalue weighted by Gasteiger charge is -2.12. The molecule has 6 nitrogen and oxygen atoms in total. The van der Waals surface area contributed by atoms with Crippen molar-refractivity contribution in [2.24, 2.45) is 0 Å². The molecule has 140 valence electrons. The van der Waals surface area contributed by atoms with Crippen LogP contribution in [0.4, 0.5) is 5.69 Å². The van der Waals surface area contributed by atoms with Crippen molar-refractivity contribution in [3.8, 4) is 5.75 Å². The Labute approximate surface area is 158 Å². The maximum absolute atomic E-state index is 12.2. The van der Waals surface area contributed by atoms with E-state index in [0.29, 0.717) is 22.9 Å². The summed E-state index contributed by atoms with van der Waals surface area (Å²) in [6.45, 7) is 3.51. The zero-order valence-corrected chi connectivity index (χ0v) is 16.1. The Hall–Kier alpha value is -2.09. The van der Waals surface area contributed by atoms with Gasteiger partial charge in [0.2, 0.25) is 10.0 Å². The van der Waals surface area contributed by atoms with Crippen molar-refractivity contribution >= 4 is 33.2 Å². The zero-order valence-electron chi connectivity index (χ0n) is 14.5. The van der Waals surface area contributed by atoms with Gasteiger partial charge in [0.25, 0.3) is 5.91 Å². The summed E-state index contributed by atoms with van der Waals surface area (Å²) in [6.07, 6.45) is 0.698. The lowest BCUT2D eigenvalue weighted by Crippen LogP contribution is -2.31. The highest BCUT2D eigenvalue weighted by Gasteiger charge is 2.16. The van der Waals surface area contributed by atoms with Gasteiger partial charge in [0.15, 0.2) is 6.61 Å². The van der Waals surface area contributed by atoms with Gasteiger partial charge in [-0.1, -0.05) is 18.5 Å². The highest BCUT2D eigenvalue weighted by molar-refractivity contribution is 7.89. The molecule has 0 fully saturated rings. The quantitative estimate of drug-likeness (QED) is 0.715. The molecule has 2 aromatic carbocycles. The molecule has 0 radical (unpaired) electrons. The standard InChI is InChI=1S/C18H21ClN2O4S/c1-3-13(2)21-26(23,24)17-10-8-16(9-11-17)25-12-18(22)20-15-6-4-14(19)5-7-15/h4-11,13,21H,3,12H2,1-2H3,(H,20,22)/t13-/m1/s1. The van der Waals surface area contributed by atoms with Gasteiger partial charge in [-0.25, -0.2) is 13.1 Å². The van der Waals surface area contributed by atoms with Gasteiger partial charge >= 0.3 is 0 Å². The third kappa shape index (κ3) is 6.01. The molecule has 1 amide bonds. The lowest BCUT2D eigenvalue weighted by atomic mass is 10.3. The van der Waals surface area contributed by atoms with Crippen LogP contribution in [-0.4, -0.2) is 27.0 Å². The number of amides is 1. The van der Waals surface area contributed by atoms with Gasteiger partial charge in [0.05, 0.1) is 4.90 Å². The van der Waals surface area contributed by atoms with Gasteiger partial charge in [-0.05, 0) is 61.9 Å². The number of sulfonamides is 1. The highest BCUT2D eigenvalue weighted by Crippen LogP contribution is 2.17. The first-order valence-corrected chi connectivity index (χ1v) is 9.97. The molecule has 0 bridgehead atoms. The summed E-state index contributed by atoms with van der Waals surface area (Å²) < 4.78 is 32.3. The molecule has 0 aliphatic rings. The molecule has 0 spiro atoms. The number of carbonyl (C=O) groups excluding carboxylic acids is 1. The first-order chi connectivity index (χ1) is 12.3. The Morgan fingerprint density at radius 1 is 1.12 bits per heavy atom. The molecule has 26 heavy (non-hydrogen) atoms. The van der Waals surface area contributed by atoms with Gasteiger partial charge in [-0.2, -0.15) is 0 Å². The second-order valence-electron chi connectivity index (χ2n) is 5.75. The molecule has 0 aromatic heterocycles. The molecule has 2 N–H and O–H groups in total. The Morgan fingerprint density at radius 3 is 2.31 bits per heavy atom. The molecule has 0 saturated heterocycles. The maximum Gasteiger partial charge on any atom is 0.262 e. The van der Waals surface area contributed by atoms with Gasteiger partial charge in [0, 0.05) is 16.8 Å². The fraction of sp³-hybridized carbons (Fsp3) is 0.278. The molecule has 2 aromatic rings. The van der Waals surface area contributed by atoms with E-state index in [1.807, 2.05) is 6.92 Å². The summed E-state index contributed by atoms with van der Waals surface area (Å²) in [6, 6.07) is 12.5. The number of hydrogen-bond acceptors (Lipinski definition) is 4. The molecular weight excluding hydrogens is 376 g/mol. The molecule has 0 aliphatic carbocycles. The van der Waals surface area contributed by atoms with Gasteiger partial charge in [-0.3, -0.25) is 4.79 Å². The van der Waals surface area contributed by atoms with E-state index in [9.17, 15) is 13.2 Å². The summed E-state index contributed by atoms with van der Waals surface area (Å²) in [4.78, 5) is 12.0. The summed E-state index contributed by atoms with van der Waals surface area (Å²) in [5, 5.41) is 3.26. The molecular formula is C18H21ClN2O4S. The van der Waals surface area contributed by atoms with Crippen molar-refractivity contribution in [1.29, 1.82) is 0 Å². The predicted octanol–water partition coefficient (Wildman–Crippen LogP) is 3.43. The van der Waals surface area contributed by atoms with Crippen LogP contribution >= 0.6 is 11.6 Å². The van der Waals surface area contributed by atoms with E-state index in [1.165, 1.54) is 24.3 Å². The van der Waals surface area contributed by atoms with E-state index in [2.05, 4.69) is 10.0 Å². The fourth-order valence-corrected chi connectivity index (χ4v) is 3.46. The Balaban J connectivity index is 1.90. The van der Waals surface area contributed by atoms with E-state index in [4.69, 9.17) is 16.3 Å². The Kier molecular flexibility index (Phi) is 7.02. The third-order valence-electron chi connectivity index (χ3n) is 3.60. The van der Waals surface area contributed by atoms with Crippen molar-refractivity contribution < 1.29 is 17.9 Å². The summed E-state index contributed by atoms with van der Waals surface area (Å²) >= 11 is 5.79. The fourth-order valence-electron chi connectivity index (χ4n) is 2.01. The highest BCUT2D eigenvalue weighted by atomic mass is 35.5. The van der Waals surface area contributed by atoms with Crippen molar-refractivity contribution in [3.05, 3.63) is 53.6 Å². The minimum Gasteiger partial charge on any atom is -0.484 e. The second kappa shape index (κ2) is 9.02. The number of nitrogens with one attached hydrogen (secondary N) is 2. The number of carbonyl (C=O) groups is 1. The number of rotatable bonds is 8. The number of halogens is 1. The number of benzene rings is 2. The molecule has 8 heteroatoms. The molecule has 2 rings (SSSR count). The van der Waals surface area contributed by atoms with E-state index in [-0.39, 0.29) is 23.5 Å². The third-order valence-corrected chi connectivity index (χ3v) is 5.46. The molecule has 0 unspecified atom stereocenters. The van der Waals surface area contributed by atoms with E-state index in [0.717, 1.165) is 0 Å². The summed E-state index contributed by atoms with van der Waals surface area (Å²) in [5.74, 6) is 0.0706. The number of ether oxygens (including phenoxy) is 1. The van der Waals surface area contributed by atoms with E-state index < -0.39 is 10.0 Å². The molecule has 0 heterocycles. The van der Waals surface area contributed by atoms with Crippen LogP contribution in [0.5, 0.6) is 5.75 Å². The minimum atomic E-state index is -3.56. The van der Waals surface area contributed by atoms with Crippen LogP contribution in [0.1, 0.15) is 20.3 Å². The predicted molar refractivity (Wildman–Crippen MR) is 102 cm³/mol. The van der Waals surface area contributed by atoms with Crippen LogP contribution in [0.2, 0.25) is 5.02 Å². The largest absolute Gasteiger partial charge is 0.484 e. The van der Waals surface area contributed by atoms with Crippen molar-refractivity contribution in [1.82, 2.24) is 4.72 Å². The van der Waals surface area contributed by atoms with Crippen LogP contribution in [0.3, 0.4) is 0 Å². The monoisotopic (exact) mass is 396 g/mol. The van der Waals surface area contributed by atoms with Gasteiger partial charge < -0.3 is 10.1 Å². The molecule has 1 atom stereocenters. The second-order valence-corrected chi connectivity index (χ2v) is 7.90. The maximum atomic E-state index is 12.2. The first kappa shape index (κ1) is 20.2. The van der Waals surface area contributed by atoms with Crippen LogP contribution in [0.15, 0.2) is 53.4 Å². The van der Waals surface area contributed by atoms with Crippen LogP contribution < -0.4 is 14.8 Å². The van der Waals surface area contributed by atoms with Crippen molar-refractivity contribution in [2.45, 2.75) is 31.2 Å².